The summed E-state index contributed by atoms with van der Waals surface area (Å²) in [4.78, 5) is 65.2. The Hall–Kier alpha value is -5.93. The second kappa shape index (κ2) is 11.7. The van der Waals surface area contributed by atoms with Crippen LogP contribution in [0.5, 0.6) is 5.75 Å². The highest BCUT2D eigenvalue weighted by Crippen LogP contribution is 2.30. The van der Waals surface area contributed by atoms with Crippen LogP contribution in [0.2, 0.25) is 0 Å². The summed E-state index contributed by atoms with van der Waals surface area (Å²) >= 11 is 0. The first kappa shape index (κ1) is 27.6. The number of hydrogen-bond acceptors (Lipinski definition) is 9. The summed E-state index contributed by atoms with van der Waals surface area (Å²) < 4.78 is 0. The molecule has 2 N–H and O–H groups in total. The van der Waals surface area contributed by atoms with Gasteiger partial charge in [-0.1, -0.05) is 30.3 Å². The number of carbonyl (C=O) groups is 1. The van der Waals surface area contributed by atoms with Crippen LogP contribution in [0, 0.1) is 25.1 Å². The number of fused-ring (bicyclic) bond motifs is 1. The molecule has 1 fully saturated rings. The number of nitrogens with zero attached hydrogens (tertiary/aromatic N) is 6. The van der Waals surface area contributed by atoms with E-state index in [4.69, 9.17) is 4.84 Å². The molecule has 16 nitrogen and oxygen atoms in total. The summed E-state index contributed by atoms with van der Waals surface area (Å²) in [5, 5.41) is 31.4. The van der Waals surface area contributed by atoms with Crippen LogP contribution in [0.25, 0.3) is 10.8 Å². The van der Waals surface area contributed by atoms with Crippen LogP contribution in [0.4, 0.5) is 11.4 Å². The molecule has 0 saturated carbocycles. The Kier molecular flexibility index (Phi) is 7.67. The summed E-state index contributed by atoms with van der Waals surface area (Å²) in [5.41, 5.74) is 2.53. The van der Waals surface area contributed by atoms with Crippen LogP contribution in [0.3, 0.4) is 0 Å². The topological polar surface area (TPSA) is 197 Å². The smallest absolute Gasteiger partial charge is 0.321 e. The molecule has 1 aromatic heterocycles. The predicted molar refractivity (Wildman–Crippen MR) is 146 cm³/mol. The number of H-pyrrole nitrogens is 1. The minimum absolute atomic E-state index is 0.140. The highest BCUT2D eigenvalue weighted by atomic mass is 16.7. The van der Waals surface area contributed by atoms with Gasteiger partial charge in [0.2, 0.25) is 5.75 Å². The Bertz CT molecular complexity index is 1770. The van der Waals surface area contributed by atoms with Crippen LogP contribution in [0.1, 0.15) is 21.6 Å². The zero-order valence-corrected chi connectivity index (χ0v) is 21.8. The number of benzene rings is 3. The van der Waals surface area contributed by atoms with Crippen LogP contribution in [-0.2, 0) is 6.42 Å². The SMILES string of the molecule is O=C(c1cccc(Cc2n[nH]c(=O)c3ccccc23)c1)N1CCN([N+](=O)NOc2ccc([N+](=O)[O-])cc2[N+](=O)[O-])CC1. The van der Waals surface area contributed by atoms with Crippen LogP contribution in [0.15, 0.2) is 71.5 Å². The number of nitro groups is 2. The zero-order valence-electron chi connectivity index (χ0n) is 21.8. The number of nitrogens with one attached hydrogen (secondary N) is 2. The molecule has 0 aliphatic carbocycles. The van der Waals surface area contributed by atoms with Gasteiger partial charge in [-0.05, 0) is 29.8 Å². The fourth-order valence-corrected chi connectivity index (χ4v) is 4.57. The first-order chi connectivity index (χ1) is 20.2. The van der Waals surface area contributed by atoms with Gasteiger partial charge in [-0.3, -0.25) is 29.8 Å². The zero-order chi connectivity index (χ0) is 29.8. The minimum Gasteiger partial charge on any atom is -0.335 e. The van der Waals surface area contributed by atoms with Gasteiger partial charge in [0, 0.05) is 36.5 Å². The number of rotatable bonds is 9. The van der Waals surface area contributed by atoms with E-state index in [-0.39, 0.29) is 48.4 Å². The van der Waals surface area contributed by atoms with Crippen molar-refractivity contribution in [2.24, 2.45) is 0 Å². The van der Waals surface area contributed by atoms with Gasteiger partial charge in [-0.2, -0.15) is 5.10 Å². The predicted octanol–water partition coefficient (Wildman–Crippen LogP) is 2.28. The average Bonchev–Trinajstić information content (AvgIpc) is 3.01. The third-order valence-electron chi connectivity index (χ3n) is 6.70. The molecule has 5 rings (SSSR count). The minimum atomic E-state index is -0.863. The molecule has 214 valence electrons. The first-order valence-corrected chi connectivity index (χ1v) is 12.6. The molecule has 1 aliphatic rings. The fourth-order valence-electron chi connectivity index (χ4n) is 4.57. The quantitative estimate of drug-likeness (QED) is 0.169. The van der Waals surface area contributed by atoms with E-state index < -0.39 is 21.2 Å². The number of aromatic nitrogens is 2. The number of hydrazine groups is 2. The lowest BCUT2D eigenvalue weighted by atomic mass is 10.0. The second-order valence-corrected chi connectivity index (χ2v) is 9.30. The van der Waals surface area contributed by atoms with Gasteiger partial charge in [0.15, 0.2) is 0 Å². The van der Waals surface area contributed by atoms with E-state index in [2.05, 4.69) is 10.2 Å². The Morgan fingerprint density at radius 2 is 1.67 bits per heavy atom. The third-order valence-corrected chi connectivity index (χ3v) is 6.70. The number of hydrogen-bond donors (Lipinski definition) is 2. The monoisotopic (exact) mass is 575 g/mol. The molecule has 0 radical (unpaired) electrons. The molecule has 2 heterocycles. The number of nitro benzene ring substituents is 2. The number of carbonyl (C=O) groups excluding carboxylic acids is 1. The molecule has 0 unspecified atom stereocenters. The number of nitroso groups, excluding NO2 is 1. The molecule has 4 aromatic rings. The molecular formula is C26H23N8O8+. The summed E-state index contributed by atoms with van der Waals surface area (Å²) in [6.07, 6.45) is 0.399. The Morgan fingerprint density at radius 3 is 2.38 bits per heavy atom. The standard InChI is InChI=1S/C26H22N8O8/c35-25-21-7-2-1-6-20(21)22(27-28-25)15-17-4-3-5-18(14-17)26(36)30-10-12-31(13-11-30)34(41)29-42-24-9-8-19(32(37)38)16-23(24)33(39)40/h1-9,14,16H,10-13,15H2,(H-,28,29,35,41)/p+1. The van der Waals surface area contributed by atoms with E-state index in [9.17, 15) is 34.7 Å². The molecule has 0 bridgehead atoms. The summed E-state index contributed by atoms with van der Waals surface area (Å²) in [6.45, 7) is 0.711. The maximum absolute atomic E-state index is 13.2. The van der Waals surface area contributed by atoms with Crippen molar-refractivity contribution in [2.75, 3.05) is 26.2 Å². The summed E-state index contributed by atoms with van der Waals surface area (Å²) in [7, 11) is 0. The van der Waals surface area contributed by atoms with Crippen molar-refractivity contribution < 1.29 is 24.5 Å². The van der Waals surface area contributed by atoms with Gasteiger partial charge in [-0.25, -0.2) is 5.10 Å². The van der Waals surface area contributed by atoms with E-state index in [1.165, 1.54) is 5.01 Å². The van der Waals surface area contributed by atoms with Gasteiger partial charge in [0.25, 0.3) is 22.1 Å². The van der Waals surface area contributed by atoms with Crippen molar-refractivity contribution >= 4 is 28.1 Å². The van der Waals surface area contributed by atoms with E-state index in [0.29, 0.717) is 23.1 Å². The lowest BCUT2D eigenvalue weighted by molar-refractivity contribution is -0.782. The molecule has 0 atom stereocenters. The summed E-state index contributed by atoms with van der Waals surface area (Å²) in [6, 6.07) is 17.0. The molecule has 0 spiro atoms. The van der Waals surface area contributed by atoms with Crippen molar-refractivity contribution in [3.63, 3.8) is 0 Å². The summed E-state index contributed by atoms with van der Waals surface area (Å²) in [5.74, 6) is -0.607. The lowest BCUT2D eigenvalue weighted by Crippen LogP contribution is -2.54. The fraction of sp³-hybridized carbons (Fsp3) is 0.192. The van der Waals surface area contributed by atoms with Gasteiger partial charge in [0.1, 0.15) is 0 Å². The molecule has 1 amide bonds. The average molecular weight is 576 g/mol. The number of aromatic amines is 1. The van der Waals surface area contributed by atoms with Gasteiger partial charge >= 0.3 is 5.69 Å². The van der Waals surface area contributed by atoms with Crippen molar-refractivity contribution in [2.45, 2.75) is 6.42 Å². The lowest BCUT2D eigenvalue weighted by Gasteiger charge is -2.29. The molecule has 3 aromatic carbocycles. The van der Waals surface area contributed by atoms with E-state index in [1.807, 2.05) is 23.8 Å². The van der Waals surface area contributed by atoms with Crippen LogP contribution in [-0.4, -0.2) is 67.0 Å². The van der Waals surface area contributed by atoms with Crippen molar-refractivity contribution in [3.05, 3.63) is 119 Å². The normalized spacial score (nSPS) is 13.0. The van der Waals surface area contributed by atoms with Gasteiger partial charge in [0.05, 0.1) is 50.6 Å². The molecule has 1 saturated heterocycles. The van der Waals surface area contributed by atoms with E-state index in [1.54, 1.807) is 35.2 Å². The molecule has 42 heavy (non-hydrogen) atoms. The van der Waals surface area contributed by atoms with E-state index >= 15 is 0 Å². The third kappa shape index (κ3) is 5.81. The van der Waals surface area contributed by atoms with E-state index in [0.717, 1.165) is 29.1 Å². The molecular weight excluding hydrogens is 552 g/mol. The van der Waals surface area contributed by atoms with Crippen molar-refractivity contribution in [1.29, 1.82) is 0 Å². The Morgan fingerprint density at radius 1 is 0.929 bits per heavy atom. The van der Waals surface area contributed by atoms with Crippen LogP contribution >= 0.6 is 0 Å². The molecule has 16 heteroatoms. The van der Waals surface area contributed by atoms with Crippen LogP contribution < -0.4 is 16.0 Å². The highest BCUT2D eigenvalue weighted by Gasteiger charge is 2.31. The largest absolute Gasteiger partial charge is 0.335 e. The maximum atomic E-state index is 13.2. The Balaban J connectivity index is 1.19. The molecule has 1 aliphatic heterocycles. The number of piperazine rings is 1. The van der Waals surface area contributed by atoms with Crippen molar-refractivity contribution in [1.82, 2.24) is 25.7 Å². The van der Waals surface area contributed by atoms with Crippen molar-refractivity contribution in [3.8, 4) is 5.75 Å². The number of non-ortho nitro benzene ring substituents is 1. The Labute approximate surface area is 235 Å². The van der Waals surface area contributed by atoms with Gasteiger partial charge in [-0.15, -0.1) is 5.01 Å². The number of amides is 1. The van der Waals surface area contributed by atoms with Gasteiger partial charge < -0.3 is 9.74 Å². The highest BCUT2D eigenvalue weighted by molar-refractivity contribution is 5.94. The first-order valence-electron chi connectivity index (χ1n) is 12.6. The maximum Gasteiger partial charge on any atom is 0.321 e. The second-order valence-electron chi connectivity index (χ2n) is 9.30.